The van der Waals surface area contributed by atoms with E-state index in [-0.39, 0.29) is 5.62 Å². The van der Waals surface area contributed by atoms with E-state index >= 15 is 0 Å². The molecular formula is C3H7Cl2O2P. The van der Waals surface area contributed by atoms with Gasteiger partial charge in [0, 0.05) is 0 Å². The Bertz CT molecular complexity index is 105. The van der Waals surface area contributed by atoms with Gasteiger partial charge in [-0.2, -0.15) is 0 Å². The van der Waals surface area contributed by atoms with E-state index in [1.807, 2.05) is 0 Å². The maximum absolute atomic E-state index is 10.6. The lowest BCUT2D eigenvalue weighted by molar-refractivity contribution is 0.348. The van der Waals surface area contributed by atoms with Crippen LogP contribution in [0.5, 0.6) is 0 Å². The van der Waals surface area contributed by atoms with Crippen LogP contribution in [0, 0.1) is 0 Å². The van der Waals surface area contributed by atoms with Gasteiger partial charge in [-0.1, -0.05) is 0 Å². The molecule has 1 atom stereocenters. The summed E-state index contributed by atoms with van der Waals surface area (Å²) in [5, 5.41) is 0. The SMILES string of the molecule is CCOP(=O)(Cl)CCl. The fourth-order valence-electron chi connectivity index (χ4n) is 0.227. The van der Waals surface area contributed by atoms with E-state index < -0.39 is 6.72 Å². The molecule has 0 saturated carbocycles. The molecule has 8 heavy (non-hydrogen) atoms. The molecule has 0 aromatic heterocycles. The molecule has 0 rings (SSSR count). The van der Waals surface area contributed by atoms with Crippen molar-refractivity contribution in [1.82, 2.24) is 0 Å². The van der Waals surface area contributed by atoms with Gasteiger partial charge in [0.15, 0.2) is 0 Å². The third-order valence-corrected chi connectivity index (χ3v) is 3.36. The second-order valence-electron chi connectivity index (χ2n) is 1.13. The van der Waals surface area contributed by atoms with Crippen molar-refractivity contribution >= 4 is 29.6 Å². The van der Waals surface area contributed by atoms with Crippen molar-refractivity contribution < 1.29 is 9.09 Å². The van der Waals surface area contributed by atoms with E-state index in [4.69, 9.17) is 22.8 Å². The second-order valence-corrected chi connectivity index (χ2v) is 5.07. The highest BCUT2D eigenvalue weighted by Crippen LogP contribution is 2.52. The first-order valence-electron chi connectivity index (χ1n) is 2.11. The minimum Gasteiger partial charge on any atom is -0.317 e. The third-order valence-electron chi connectivity index (χ3n) is 0.465. The molecule has 0 aliphatic carbocycles. The smallest absolute Gasteiger partial charge is 0.304 e. The topological polar surface area (TPSA) is 26.3 Å². The summed E-state index contributed by atoms with van der Waals surface area (Å²) in [6, 6.07) is 0. The van der Waals surface area contributed by atoms with Crippen LogP contribution in [-0.2, 0) is 9.09 Å². The largest absolute Gasteiger partial charge is 0.317 e. The van der Waals surface area contributed by atoms with Crippen molar-refractivity contribution in [2.45, 2.75) is 6.92 Å². The van der Waals surface area contributed by atoms with E-state index in [1.54, 1.807) is 6.92 Å². The Balaban J connectivity index is 3.55. The summed E-state index contributed by atoms with van der Waals surface area (Å²) >= 11 is 10.4. The van der Waals surface area contributed by atoms with Crippen LogP contribution in [-0.4, -0.2) is 12.2 Å². The lowest BCUT2D eigenvalue weighted by atomic mass is 10.9. The third kappa shape index (κ3) is 3.73. The van der Waals surface area contributed by atoms with Crippen molar-refractivity contribution in [3.8, 4) is 0 Å². The standard InChI is InChI=1S/C3H7Cl2O2P/c1-2-7-8(5,6)3-4/h2-3H2,1H3. The molecule has 0 aliphatic heterocycles. The van der Waals surface area contributed by atoms with Crippen molar-refractivity contribution in [1.29, 1.82) is 0 Å². The normalized spacial score (nSPS) is 17.9. The highest BCUT2D eigenvalue weighted by Gasteiger charge is 2.15. The van der Waals surface area contributed by atoms with Crippen LogP contribution in [0.1, 0.15) is 6.92 Å². The fourth-order valence-corrected chi connectivity index (χ4v) is 1.18. The number of alkyl halides is 1. The molecule has 0 amide bonds. The summed E-state index contributed by atoms with van der Waals surface area (Å²) in [4.78, 5) is 0. The zero-order valence-electron chi connectivity index (χ0n) is 4.43. The maximum Gasteiger partial charge on any atom is 0.304 e. The molecular weight excluding hydrogens is 170 g/mol. The first-order chi connectivity index (χ1) is 3.62. The maximum atomic E-state index is 10.6. The van der Waals surface area contributed by atoms with E-state index in [2.05, 4.69) is 4.52 Å². The summed E-state index contributed by atoms with van der Waals surface area (Å²) in [5.41, 5.74) is -0.123. The van der Waals surface area contributed by atoms with Gasteiger partial charge in [-0.05, 0) is 18.2 Å². The number of rotatable bonds is 3. The average molecular weight is 177 g/mol. The number of halogens is 2. The van der Waals surface area contributed by atoms with E-state index in [0.717, 1.165) is 0 Å². The molecule has 0 N–H and O–H groups in total. The molecule has 0 aromatic carbocycles. The zero-order valence-corrected chi connectivity index (χ0v) is 6.84. The molecule has 50 valence electrons. The highest BCUT2D eigenvalue weighted by molar-refractivity contribution is 7.86. The number of hydrogen-bond acceptors (Lipinski definition) is 2. The molecule has 0 aliphatic rings. The molecule has 0 fully saturated rings. The van der Waals surface area contributed by atoms with Crippen molar-refractivity contribution in [3.63, 3.8) is 0 Å². The molecule has 0 heterocycles. The van der Waals surface area contributed by atoms with Crippen LogP contribution in [0.3, 0.4) is 0 Å². The van der Waals surface area contributed by atoms with Gasteiger partial charge < -0.3 is 4.52 Å². The monoisotopic (exact) mass is 176 g/mol. The Labute approximate surface area is 58.4 Å². The lowest BCUT2D eigenvalue weighted by Gasteiger charge is -2.03. The van der Waals surface area contributed by atoms with Gasteiger partial charge in [-0.15, -0.1) is 11.6 Å². The van der Waals surface area contributed by atoms with Crippen molar-refractivity contribution in [2.75, 3.05) is 12.2 Å². The second kappa shape index (κ2) is 3.73. The van der Waals surface area contributed by atoms with Crippen LogP contribution >= 0.6 is 29.6 Å². The van der Waals surface area contributed by atoms with Crippen molar-refractivity contribution in [3.05, 3.63) is 0 Å². The van der Waals surface area contributed by atoms with Gasteiger partial charge in [-0.25, -0.2) is 0 Å². The molecule has 0 radical (unpaired) electrons. The Hall–Kier alpha value is 0.770. The minimum absolute atomic E-state index is 0.123. The summed E-state index contributed by atoms with van der Waals surface area (Å²) in [5.74, 6) is 0. The molecule has 2 nitrogen and oxygen atoms in total. The first kappa shape index (κ1) is 8.77. The van der Waals surface area contributed by atoms with Crippen LogP contribution < -0.4 is 0 Å². The Morgan fingerprint density at radius 3 is 2.38 bits per heavy atom. The molecule has 0 bridgehead atoms. The zero-order chi connectivity index (χ0) is 6.62. The van der Waals surface area contributed by atoms with E-state index in [0.29, 0.717) is 6.61 Å². The Morgan fingerprint density at radius 1 is 1.75 bits per heavy atom. The minimum atomic E-state index is -2.94. The van der Waals surface area contributed by atoms with Gasteiger partial charge in [0.05, 0.1) is 6.61 Å². The van der Waals surface area contributed by atoms with Crippen molar-refractivity contribution in [2.24, 2.45) is 0 Å². The average Bonchev–Trinajstić information content (AvgIpc) is 1.67. The highest BCUT2D eigenvalue weighted by atomic mass is 35.7. The Morgan fingerprint density at radius 2 is 2.25 bits per heavy atom. The first-order valence-corrected chi connectivity index (χ1v) is 5.36. The predicted molar refractivity (Wildman–Crippen MR) is 35.8 cm³/mol. The summed E-state index contributed by atoms with van der Waals surface area (Å²) in [7, 11) is 0. The molecule has 1 unspecified atom stereocenters. The van der Waals surface area contributed by atoms with Crippen LogP contribution in [0.25, 0.3) is 0 Å². The molecule has 5 heteroatoms. The summed E-state index contributed by atoms with van der Waals surface area (Å²) in [6.45, 7) is -0.885. The van der Waals surface area contributed by atoms with Gasteiger partial charge in [-0.3, -0.25) is 4.57 Å². The molecule has 0 aromatic rings. The Kier molecular flexibility index (Phi) is 4.09. The van der Waals surface area contributed by atoms with Crippen LogP contribution in [0.2, 0.25) is 0 Å². The van der Waals surface area contributed by atoms with Gasteiger partial charge in [0.1, 0.15) is 5.62 Å². The molecule has 0 saturated heterocycles. The van der Waals surface area contributed by atoms with Gasteiger partial charge >= 0.3 is 6.72 Å². The number of hydrogen-bond donors (Lipinski definition) is 0. The predicted octanol–water partition coefficient (Wildman–Crippen LogP) is 2.65. The fraction of sp³-hybridized carbons (Fsp3) is 1.00. The quantitative estimate of drug-likeness (QED) is 0.489. The van der Waals surface area contributed by atoms with Gasteiger partial charge in [0.2, 0.25) is 0 Å². The van der Waals surface area contributed by atoms with E-state index in [9.17, 15) is 4.57 Å². The van der Waals surface area contributed by atoms with E-state index in [1.165, 1.54) is 0 Å². The summed E-state index contributed by atoms with van der Waals surface area (Å²) < 4.78 is 15.2. The molecule has 0 spiro atoms. The van der Waals surface area contributed by atoms with Gasteiger partial charge in [0.25, 0.3) is 0 Å². The summed E-state index contributed by atoms with van der Waals surface area (Å²) in [6.07, 6.45) is 0. The van der Waals surface area contributed by atoms with Crippen LogP contribution in [0.4, 0.5) is 0 Å². The van der Waals surface area contributed by atoms with Crippen LogP contribution in [0.15, 0.2) is 0 Å². The lowest BCUT2D eigenvalue weighted by Crippen LogP contribution is -1.82.